The minimum atomic E-state index is -0.750. The van der Waals surface area contributed by atoms with E-state index in [0.717, 1.165) is 60.4 Å². The van der Waals surface area contributed by atoms with E-state index >= 15 is 0 Å². The molecule has 8 aromatic heterocycles. The molecule has 2 aliphatic heterocycles. The van der Waals surface area contributed by atoms with Crippen LogP contribution in [0.3, 0.4) is 0 Å². The number of amides is 2. The van der Waals surface area contributed by atoms with Crippen LogP contribution in [0.25, 0.3) is 27.9 Å². The zero-order valence-corrected chi connectivity index (χ0v) is 57.7. The van der Waals surface area contributed by atoms with E-state index in [0.29, 0.717) is 41.5 Å². The Morgan fingerprint density at radius 3 is 1.61 bits per heavy atom. The normalized spacial score (nSPS) is 16.0. The zero-order chi connectivity index (χ0) is 60.9. The first-order valence-electron chi connectivity index (χ1n) is 25.8. The van der Waals surface area contributed by atoms with Crippen LogP contribution in [-0.2, 0) is 0 Å². The fraction of sp³-hybridized carbons (Fsp3) is 0.315. The van der Waals surface area contributed by atoms with E-state index in [4.69, 9.17) is 10.00 Å². The number of carbonyl (C=O) groups is 2. The van der Waals surface area contributed by atoms with E-state index in [1.165, 1.54) is 16.5 Å². The van der Waals surface area contributed by atoms with Crippen molar-refractivity contribution in [2.45, 2.75) is 97.1 Å². The van der Waals surface area contributed by atoms with Crippen LogP contribution in [0.1, 0.15) is 87.9 Å². The third kappa shape index (κ3) is 20.3. The third-order valence-corrected chi connectivity index (χ3v) is 14.4. The Kier molecular flexibility index (Phi) is 28.7. The Morgan fingerprint density at radius 2 is 1.11 bits per heavy atom. The summed E-state index contributed by atoms with van der Waals surface area (Å²) in [5.41, 5.74) is 4.38. The first-order valence-corrected chi connectivity index (χ1v) is 29.3. The van der Waals surface area contributed by atoms with Crippen LogP contribution in [-0.4, -0.2) is 151 Å². The Hall–Kier alpha value is -5.50. The molecule has 12 rings (SSSR count). The molecule has 2 aromatic carbocycles. The fourth-order valence-corrected chi connectivity index (χ4v) is 10.4. The number of piperidine rings is 2. The number of rotatable bonds is 6. The van der Waals surface area contributed by atoms with E-state index in [1.54, 1.807) is 132 Å². The molecule has 4 atom stereocenters. The van der Waals surface area contributed by atoms with E-state index in [1.807, 2.05) is 60.4 Å². The smallest absolute Gasteiger partial charge is 1.00 e. The van der Waals surface area contributed by atoms with Gasteiger partial charge in [0.1, 0.15) is 26.3 Å². The molecule has 31 heteroatoms. The number of nitrogens with zero attached hydrogens (tertiary/aromatic N) is 19. The molecule has 2 amide bonds. The van der Waals surface area contributed by atoms with Crippen molar-refractivity contribution < 1.29 is 75.9 Å². The van der Waals surface area contributed by atoms with Crippen molar-refractivity contribution in [2.75, 3.05) is 13.1 Å². The van der Waals surface area contributed by atoms with Gasteiger partial charge < -0.3 is 24.7 Å². The van der Waals surface area contributed by atoms with Gasteiger partial charge in [-0.2, -0.15) is 50.5 Å². The first kappa shape index (κ1) is 70.3. The molecule has 0 aliphatic carbocycles. The summed E-state index contributed by atoms with van der Waals surface area (Å²) in [5.74, 6) is 0.347. The molecule has 0 saturated carbocycles. The quantitative estimate of drug-likeness (QED) is 0.142. The number of para-hydroxylation sites is 2. The molecule has 24 nitrogen and oxygen atoms in total. The molecule has 437 valence electrons. The second-order valence-electron chi connectivity index (χ2n) is 19.2. The maximum absolute atomic E-state index is 13.5. The molecule has 10 aromatic rings. The number of hydrogen-bond donors (Lipinski definition) is 2. The summed E-state index contributed by atoms with van der Waals surface area (Å²) in [5, 5.41) is 56.2. The molecule has 10 heterocycles. The number of aromatic nitrogens is 15. The van der Waals surface area contributed by atoms with Crippen LogP contribution in [0.15, 0.2) is 158 Å². The number of hydrogen-bond acceptors (Lipinski definition) is 18. The molecule has 0 unspecified atom stereocenters. The number of β-amino-alcohol motifs (C(OH)–C–C–N with tert-alkyl or cyclic N) is 1. The average molecular weight is 1450 g/mol. The second kappa shape index (κ2) is 34.7. The molecule has 1 N–H and O–H groups in total. The number of likely N-dealkylation sites (tertiary alicyclic amines) is 2. The van der Waals surface area contributed by atoms with Crippen molar-refractivity contribution in [2.24, 2.45) is 4.30 Å². The number of benzene rings is 2. The van der Waals surface area contributed by atoms with Crippen LogP contribution in [0, 0.1) is 11.3 Å². The summed E-state index contributed by atoms with van der Waals surface area (Å²) in [7, 11) is 4.34. The molecule has 85 heavy (non-hydrogen) atoms. The SMILES string of the molecule is Brc1cnn2ccnc(Br)c12.Brc1nccn2nccc12.CC#N.CC(C)(C)[O-].C[C@@H]1CC[C@@H](O)CN1C(=O)c1ccccc1-n1nccn1.C[C@@H]1CC[C@@H](Oc2nccn3ncc(Br)c23)CN1C(=O)c1ccccc1-n1nccn1.[B]=NS.[K+]. The van der Waals surface area contributed by atoms with E-state index < -0.39 is 11.7 Å². The van der Waals surface area contributed by atoms with Crippen LogP contribution in [0.2, 0.25) is 0 Å². The molecular weight excluding hydrogens is 1400 g/mol. The van der Waals surface area contributed by atoms with Crippen LogP contribution >= 0.6 is 76.5 Å². The molecule has 0 bridgehead atoms. The maximum atomic E-state index is 13.5. The number of ether oxygens (including phenoxy) is 1. The minimum Gasteiger partial charge on any atom is 1.00 e. The first-order chi connectivity index (χ1) is 40.3. The van der Waals surface area contributed by atoms with Gasteiger partial charge in [-0.15, -0.1) is 5.60 Å². The van der Waals surface area contributed by atoms with Gasteiger partial charge in [0.15, 0.2) is 0 Å². The summed E-state index contributed by atoms with van der Waals surface area (Å²) in [4.78, 5) is 45.3. The van der Waals surface area contributed by atoms with E-state index in [-0.39, 0.29) is 81.4 Å². The molecule has 2 saturated heterocycles. The monoisotopic (exact) mass is 1450 g/mol. The van der Waals surface area contributed by atoms with Gasteiger partial charge in [-0.25, -0.2) is 28.5 Å². The fourth-order valence-electron chi connectivity index (χ4n) is 8.29. The van der Waals surface area contributed by atoms with Gasteiger partial charge in [-0.3, -0.25) is 9.59 Å². The largest absolute Gasteiger partial charge is 1.00 e. The average Bonchev–Trinajstić information content (AvgIpc) is 4.54. The van der Waals surface area contributed by atoms with Gasteiger partial charge in [0.05, 0.1) is 99.1 Å². The van der Waals surface area contributed by atoms with Crippen LogP contribution in [0.5, 0.6) is 5.88 Å². The number of aliphatic hydroxyl groups excluding tert-OH is 1. The van der Waals surface area contributed by atoms with Crippen molar-refractivity contribution >= 4 is 113 Å². The van der Waals surface area contributed by atoms with Gasteiger partial charge >= 0.3 is 76.1 Å². The standard InChI is InChI=1S/C21H20BrN7O2.C15H18N4O2.C6H3Br2N3.C6H4BrN3.C4H9O.C2H3N.BHNS.K/c1-14-6-7-15(31-20-19-17(22)12-26-28(19)11-10-23-20)13-27(14)21(30)16-4-2-3-5-18(16)29-24-8-9-25-29;1-11-6-7-12(20)10-18(11)15(21)13-4-2-3-5-14(13)19-16-8-9-17-19;7-4-3-10-11-2-1-9-6(8)5(4)11;7-6-5-1-2-9-10(5)4-3-8-6;1-4(2,3)5;2*1-2-3;/h2-5,8-12,14-15H,6-7,13H2,1H3;2-5,8-9,11-12,20H,6-7,10H2,1H3;1-3H;1-4H;1-3H3;1H3;3H;/q;;;;-1;;;+1/t14-,15-;11-,12-;;;;;;/m11....../s1. The van der Waals surface area contributed by atoms with E-state index in [9.17, 15) is 19.8 Å². The van der Waals surface area contributed by atoms with Crippen LogP contribution in [0.4, 0.5) is 0 Å². The zero-order valence-electron chi connectivity index (χ0n) is 47.4. The van der Waals surface area contributed by atoms with Crippen molar-refractivity contribution in [1.29, 1.82) is 5.26 Å². The molecule has 1 radical (unpaired) electrons. The molecule has 0 spiro atoms. The maximum Gasteiger partial charge on any atom is 1.00 e. The predicted molar refractivity (Wildman–Crippen MR) is 331 cm³/mol. The number of aliphatic hydroxyl groups is 1. The van der Waals surface area contributed by atoms with Gasteiger partial charge in [0.2, 0.25) is 5.88 Å². The minimum absolute atomic E-state index is 0. The Labute approximate surface area is 573 Å². The number of carbonyl (C=O) groups excluding carboxylic acids is 2. The topological polar surface area (TPSA) is 281 Å². The Bertz CT molecular complexity index is 3750. The van der Waals surface area contributed by atoms with Gasteiger partial charge in [-0.05, 0) is 134 Å². The van der Waals surface area contributed by atoms with Crippen molar-refractivity contribution in [1.82, 2.24) is 83.6 Å². The Balaban J connectivity index is 0.000000210. The van der Waals surface area contributed by atoms with E-state index in [2.05, 4.69) is 146 Å². The summed E-state index contributed by atoms with van der Waals surface area (Å²) in [6, 6.07) is 18.5. The Morgan fingerprint density at radius 1 is 0.671 bits per heavy atom. The molecule has 2 aliphatic rings. The summed E-state index contributed by atoms with van der Waals surface area (Å²) in [6.45, 7) is 11.2. The second-order valence-corrected chi connectivity index (χ2v) is 22.6. The summed E-state index contributed by atoms with van der Waals surface area (Å²) >= 11 is 16.7. The van der Waals surface area contributed by atoms with Gasteiger partial charge in [0.25, 0.3) is 11.8 Å². The van der Waals surface area contributed by atoms with Crippen molar-refractivity contribution in [3.63, 3.8) is 0 Å². The number of thiol groups is 1. The number of nitriles is 1. The number of fused-ring (bicyclic) bond motifs is 3. The summed E-state index contributed by atoms with van der Waals surface area (Å²) < 4.78 is 17.5. The number of halogens is 4. The van der Waals surface area contributed by atoms with Gasteiger partial charge in [0, 0.05) is 62.7 Å². The van der Waals surface area contributed by atoms with Crippen molar-refractivity contribution in [3.8, 4) is 23.3 Å². The molecular formula is C54H58BBr4KN19O5S. The predicted octanol–water partition coefficient (Wildman–Crippen LogP) is 6.01. The van der Waals surface area contributed by atoms with Crippen LogP contribution < -0.4 is 61.2 Å². The molecule has 2 fully saturated rings. The summed E-state index contributed by atoms with van der Waals surface area (Å²) in [6.07, 6.45) is 24.6. The van der Waals surface area contributed by atoms with Gasteiger partial charge in [-0.1, -0.05) is 45.0 Å². The van der Waals surface area contributed by atoms with Crippen molar-refractivity contribution in [3.05, 3.63) is 164 Å². The third-order valence-electron chi connectivity index (χ3n) is 12.0.